The van der Waals surface area contributed by atoms with Crippen molar-refractivity contribution in [3.8, 4) is 11.9 Å². The molecule has 1 saturated heterocycles. The number of nitriles is 1. The van der Waals surface area contributed by atoms with Gasteiger partial charge < -0.3 is 15.4 Å². The molecule has 1 fully saturated rings. The molecule has 3 heterocycles. The molecule has 3 aromatic rings. The van der Waals surface area contributed by atoms with Gasteiger partial charge in [-0.2, -0.15) is 10.2 Å². The van der Waals surface area contributed by atoms with Gasteiger partial charge in [0, 0.05) is 23.2 Å². The van der Waals surface area contributed by atoms with Gasteiger partial charge in [-0.05, 0) is 30.5 Å². The second kappa shape index (κ2) is 7.12. The minimum absolute atomic E-state index is 0.00687. The van der Waals surface area contributed by atoms with E-state index in [1.54, 1.807) is 6.20 Å². The Morgan fingerprint density at radius 1 is 1.27 bits per heavy atom. The lowest BCUT2D eigenvalue weighted by molar-refractivity contribution is 0.212. The number of hydrogen-bond acceptors (Lipinski definition) is 7. The first-order valence-electron chi connectivity index (χ1n) is 8.19. The molecule has 1 aromatic carbocycles. The Hall–Kier alpha value is -2.95. The van der Waals surface area contributed by atoms with Crippen LogP contribution in [0.5, 0.6) is 5.88 Å². The first-order valence-corrected chi connectivity index (χ1v) is 8.56. The lowest BCUT2D eigenvalue weighted by atomic mass is 10.2. The van der Waals surface area contributed by atoms with Gasteiger partial charge in [0.25, 0.3) is 5.88 Å². The average molecular weight is 367 g/mol. The van der Waals surface area contributed by atoms with Crippen molar-refractivity contribution in [1.82, 2.24) is 20.3 Å². The number of hydrogen-bond donors (Lipinski definition) is 2. The molecular formula is C18H15ClN6O. The van der Waals surface area contributed by atoms with Crippen LogP contribution >= 0.6 is 11.6 Å². The number of nitrogens with zero attached hydrogens (tertiary/aromatic N) is 4. The fourth-order valence-electron chi connectivity index (χ4n) is 2.81. The Balaban J connectivity index is 1.60. The normalized spacial score (nSPS) is 16.4. The molecule has 0 saturated carbocycles. The number of ether oxygens (including phenoxy) is 1. The average Bonchev–Trinajstić information content (AvgIpc) is 3.15. The number of halogens is 1. The van der Waals surface area contributed by atoms with E-state index < -0.39 is 0 Å². The Morgan fingerprint density at radius 2 is 2.19 bits per heavy atom. The summed E-state index contributed by atoms with van der Waals surface area (Å²) >= 11 is 6.17. The zero-order valence-electron chi connectivity index (χ0n) is 13.7. The fourth-order valence-corrected chi connectivity index (χ4v) is 3.04. The second-order valence-corrected chi connectivity index (χ2v) is 6.32. The standard InChI is InChI=1S/C18H15ClN6O/c19-14-3-1-2-11-6-16(23-9-13(11)14)24-17-10-22-15(7-20)18(25-17)26-12-4-5-21-8-12/h1-3,6,9-10,12,21H,4-5,8H2,(H,23,24,25). The van der Waals surface area contributed by atoms with E-state index in [4.69, 9.17) is 16.3 Å². The summed E-state index contributed by atoms with van der Waals surface area (Å²) in [5.74, 6) is 1.29. The van der Waals surface area contributed by atoms with Crippen molar-refractivity contribution in [2.24, 2.45) is 0 Å². The molecule has 4 rings (SSSR count). The van der Waals surface area contributed by atoms with E-state index in [2.05, 4.69) is 25.6 Å². The van der Waals surface area contributed by atoms with Crippen LogP contribution in [0.4, 0.5) is 11.6 Å². The maximum absolute atomic E-state index is 9.22. The maximum atomic E-state index is 9.22. The van der Waals surface area contributed by atoms with Gasteiger partial charge in [-0.15, -0.1) is 0 Å². The van der Waals surface area contributed by atoms with Crippen LogP contribution in [0.1, 0.15) is 12.1 Å². The number of aromatic nitrogens is 3. The Kier molecular flexibility index (Phi) is 4.52. The highest BCUT2D eigenvalue weighted by atomic mass is 35.5. The molecule has 0 amide bonds. The molecule has 1 unspecified atom stereocenters. The number of fused-ring (bicyclic) bond motifs is 1. The molecule has 2 aromatic heterocycles. The number of anilines is 2. The number of rotatable bonds is 4. The van der Waals surface area contributed by atoms with Crippen molar-refractivity contribution in [2.75, 3.05) is 18.4 Å². The molecule has 0 bridgehead atoms. The molecule has 0 aliphatic carbocycles. The SMILES string of the molecule is N#Cc1ncc(Nc2cc3cccc(Cl)c3cn2)nc1OC1CCNC1. The van der Waals surface area contributed by atoms with Gasteiger partial charge >= 0.3 is 0 Å². The van der Waals surface area contributed by atoms with E-state index >= 15 is 0 Å². The van der Waals surface area contributed by atoms with E-state index in [1.807, 2.05) is 30.3 Å². The highest BCUT2D eigenvalue weighted by Crippen LogP contribution is 2.26. The van der Waals surface area contributed by atoms with Crippen molar-refractivity contribution in [3.05, 3.63) is 47.4 Å². The Labute approximate surface area is 155 Å². The number of benzene rings is 1. The predicted molar refractivity (Wildman–Crippen MR) is 98.7 cm³/mol. The molecule has 1 aliphatic heterocycles. The molecule has 7 nitrogen and oxygen atoms in total. The third-order valence-electron chi connectivity index (χ3n) is 4.11. The van der Waals surface area contributed by atoms with Crippen LogP contribution in [0.15, 0.2) is 36.7 Å². The first kappa shape index (κ1) is 16.5. The third-order valence-corrected chi connectivity index (χ3v) is 4.44. The molecule has 26 heavy (non-hydrogen) atoms. The summed E-state index contributed by atoms with van der Waals surface area (Å²) in [7, 11) is 0. The minimum atomic E-state index is -0.00687. The largest absolute Gasteiger partial charge is 0.471 e. The van der Waals surface area contributed by atoms with Gasteiger partial charge in [-0.25, -0.2) is 9.97 Å². The van der Waals surface area contributed by atoms with Gasteiger partial charge in [-0.3, -0.25) is 0 Å². The molecular weight excluding hydrogens is 352 g/mol. The molecule has 8 heteroatoms. The van der Waals surface area contributed by atoms with E-state index in [-0.39, 0.29) is 17.7 Å². The lowest BCUT2D eigenvalue weighted by Gasteiger charge is -2.13. The summed E-state index contributed by atoms with van der Waals surface area (Å²) in [5, 5.41) is 18.0. The van der Waals surface area contributed by atoms with E-state index in [0.29, 0.717) is 16.7 Å². The van der Waals surface area contributed by atoms with Crippen LogP contribution in [0.2, 0.25) is 5.02 Å². The summed E-state index contributed by atoms with van der Waals surface area (Å²) in [5.41, 5.74) is 0.167. The van der Waals surface area contributed by atoms with Crippen LogP contribution in [0, 0.1) is 11.3 Å². The third kappa shape index (κ3) is 3.38. The van der Waals surface area contributed by atoms with Crippen LogP contribution in [0.25, 0.3) is 10.8 Å². The summed E-state index contributed by atoms with van der Waals surface area (Å²) < 4.78 is 5.83. The van der Waals surface area contributed by atoms with Crippen LogP contribution in [-0.2, 0) is 0 Å². The lowest BCUT2D eigenvalue weighted by Crippen LogP contribution is -2.21. The Morgan fingerprint density at radius 3 is 3.00 bits per heavy atom. The van der Waals surface area contributed by atoms with Gasteiger partial charge in [0.05, 0.1) is 6.20 Å². The summed E-state index contributed by atoms with van der Waals surface area (Å²) in [6.07, 6.45) is 4.06. The van der Waals surface area contributed by atoms with Crippen LogP contribution in [-0.4, -0.2) is 34.1 Å². The summed E-state index contributed by atoms with van der Waals surface area (Å²) in [6.45, 7) is 1.62. The smallest absolute Gasteiger partial charge is 0.253 e. The van der Waals surface area contributed by atoms with Gasteiger partial charge in [-0.1, -0.05) is 23.7 Å². The van der Waals surface area contributed by atoms with Crippen LogP contribution in [0.3, 0.4) is 0 Å². The van der Waals surface area contributed by atoms with E-state index in [0.717, 1.165) is 30.3 Å². The number of nitrogens with one attached hydrogen (secondary N) is 2. The monoisotopic (exact) mass is 366 g/mol. The van der Waals surface area contributed by atoms with Crippen molar-refractivity contribution < 1.29 is 4.74 Å². The molecule has 1 aliphatic rings. The minimum Gasteiger partial charge on any atom is -0.471 e. The molecule has 130 valence electrons. The highest BCUT2D eigenvalue weighted by Gasteiger charge is 2.19. The molecule has 0 radical (unpaired) electrons. The zero-order valence-corrected chi connectivity index (χ0v) is 14.5. The maximum Gasteiger partial charge on any atom is 0.253 e. The van der Waals surface area contributed by atoms with Crippen molar-refractivity contribution in [2.45, 2.75) is 12.5 Å². The van der Waals surface area contributed by atoms with Crippen molar-refractivity contribution >= 4 is 34.0 Å². The van der Waals surface area contributed by atoms with Gasteiger partial charge in [0.2, 0.25) is 5.69 Å². The number of pyridine rings is 1. The summed E-state index contributed by atoms with van der Waals surface area (Å²) in [4.78, 5) is 12.9. The van der Waals surface area contributed by atoms with Crippen LogP contribution < -0.4 is 15.4 Å². The zero-order chi connectivity index (χ0) is 17.9. The van der Waals surface area contributed by atoms with Crippen molar-refractivity contribution in [3.63, 3.8) is 0 Å². The summed E-state index contributed by atoms with van der Waals surface area (Å²) in [6, 6.07) is 9.56. The predicted octanol–water partition coefficient (Wildman–Crippen LogP) is 3.03. The quantitative estimate of drug-likeness (QED) is 0.732. The highest BCUT2D eigenvalue weighted by molar-refractivity contribution is 6.35. The topological polar surface area (TPSA) is 95.8 Å². The van der Waals surface area contributed by atoms with Gasteiger partial charge in [0.1, 0.15) is 18.0 Å². The second-order valence-electron chi connectivity index (χ2n) is 5.91. The molecule has 0 spiro atoms. The first-order chi connectivity index (χ1) is 12.7. The van der Waals surface area contributed by atoms with Crippen molar-refractivity contribution in [1.29, 1.82) is 5.26 Å². The Bertz CT molecular complexity index is 997. The molecule has 2 N–H and O–H groups in total. The van der Waals surface area contributed by atoms with Gasteiger partial charge in [0.15, 0.2) is 5.82 Å². The van der Waals surface area contributed by atoms with E-state index in [1.165, 1.54) is 6.20 Å². The van der Waals surface area contributed by atoms with E-state index in [9.17, 15) is 5.26 Å². The molecule has 1 atom stereocenters. The fraction of sp³-hybridized carbons (Fsp3) is 0.222.